The first kappa shape index (κ1) is 23.6. The van der Waals surface area contributed by atoms with Crippen LogP contribution in [0.5, 0.6) is 0 Å². The molecule has 0 saturated carbocycles. The molecule has 0 bridgehead atoms. The van der Waals surface area contributed by atoms with Crippen LogP contribution in [-0.2, 0) is 14.8 Å². The summed E-state index contributed by atoms with van der Waals surface area (Å²) >= 11 is 5.86. The Balaban J connectivity index is 1.67. The Morgan fingerprint density at radius 3 is 2.64 bits per heavy atom. The SMILES string of the molecule is CC[C@H](c1ccon1)n1c(NS(=O)(=O)[C@@H](C)[C@H](C)c2ncc(Cl)cn2)nnc1[C@@H]1CCOC1. The average molecular weight is 496 g/mol. The van der Waals surface area contributed by atoms with Crippen LogP contribution in [0.2, 0.25) is 5.02 Å². The van der Waals surface area contributed by atoms with Gasteiger partial charge in [0.25, 0.3) is 0 Å². The van der Waals surface area contributed by atoms with Crippen LogP contribution in [0.15, 0.2) is 29.2 Å². The summed E-state index contributed by atoms with van der Waals surface area (Å²) in [6.45, 7) is 6.46. The monoisotopic (exact) mass is 495 g/mol. The fourth-order valence-electron chi connectivity index (χ4n) is 3.87. The molecule has 3 aromatic heterocycles. The standard InChI is InChI=1S/C20H26ClN7O4S/c1-4-17(16-6-8-32-26-16)28-19(14-5-7-31-11-14)24-25-20(28)27-33(29,30)13(3)12(2)18-22-9-15(21)10-23-18/h6,8-10,12-14,17H,4-5,7,11H2,1-3H3,(H,25,27)/t12-,13-,14+,17+/m0/s1. The van der Waals surface area contributed by atoms with Gasteiger partial charge in [-0.3, -0.25) is 9.29 Å². The molecule has 0 aliphatic carbocycles. The van der Waals surface area contributed by atoms with Crippen LogP contribution in [0.25, 0.3) is 0 Å². The number of nitrogens with one attached hydrogen (secondary N) is 1. The van der Waals surface area contributed by atoms with Gasteiger partial charge in [-0.2, -0.15) is 0 Å². The maximum atomic E-state index is 13.3. The van der Waals surface area contributed by atoms with Crippen molar-refractivity contribution >= 4 is 27.6 Å². The fourth-order valence-corrected chi connectivity index (χ4v) is 5.21. The molecule has 33 heavy (non-hydrogen) atoms. The van der Waals surface area contributed by atoms with E-state index in [-0.39, 0.29) is 17.9 Å². The van der Waals surface area contributed by atoms with Gasteiger partial charge in [-0.15, -0.1) is 10.2 Å². The molecule has 178 valence electrons. The molecule has 1 aliphatic heterocycles. The van der Waals surface area contributed by atoms with Crippen molar-refractivity contribution in [1.29, 1.82) is 0 Å². The van der Waals surface area contributed by atoms with E-state index in [2.05, 4.69) is 30.0 Å². The Kier molecular flexibility index (Phi) is 6.96. The molecule has 4 rings (SSSR count). The molecule has 13 heteroatoms. The lowest BCUT2D eigenvalue weighted by Crippen LogP contribution is -2.32. The molecule has 0 unspecified atom stereocenters. The van der Waals surface area contributed by atoms with E-state index in [9.17, 15) is 8.42 Å². The first-order valence-corrected chi connectivity index (χ1v) is 12.7. The third-order valence-corrected chi connectivity index (χ3v) is 8.04. The van der Waals surface area contributed by atoms with Crippen LogP contribution < -0.4 is 4.72 Å². The van der Waals surface area contributed by atoms with E-state index in [1.165, 1.54) is 18.7 Å². The summed E-state index contributed by atoms with van der Waals surface area (Å²) < 4.78 is 41.7. The molecule has 1 aliphatic rings. The number of anilines is 1. The van der Waals surface area contributed by atoms with Crippen LogP contribution in [0, 0.1) is 0 Å². The molecule has 0 amide bonds. The van der Waals surface area contributed by atoms with Gasteiger partial charge in [-0.25, -0.2) is 18.4 Å². The summed E-state index contributed by atoms with van der Waals surface area (Å²) in [5.74, 6) is 0.688. The summed E-state index contributed by atoms with van der Waals surface area (Å²) in [7, 11) is -3.88. The highest BCUT2D eigenvalue weighted by Crippen LogP contribution is 2.33. The van der Waals surface area contributed by atoms with E-state index in [0.717, 1.165) is 6.42 Å². The third kappa shape index (κ3) is 4.87. The zero-order valence-electron chi connectivity index (χ0n) is 18.5. The number of sulfonamides is 1. The highest BCUT2D eigenvalue weighted by molar-refractivity contribution is 7.93. The summed E-state index contributed by atoms with van der Waals surface area (Å²) in [6, 6.07) is 1.45. The van der Waals surface area contributed by atoms with Gasteiger partial charge in [-0.05, 0) is 19.8 Å². The van der Waals surface area contributed by atoms with Crippen LogP contribution >= 0.6 is 11.6 Å². The van der Waals surface area contributed by atoms with E-state index in [1.807, 2.05) is 6.92 Å². The minimum atomic E-state index is -3.88. The topological polar surface area (TPSA) is 138 Å². The maximum absolute atomic E-state index is 13.3. The second kappa shape index (κ2) is 9.74. The van der Waals surface area contributed by atoms with Crippen LogP contribution in [0.1, 0.15) is 68.8 Å². The molecule has 0 spiro atoms. The number of hydrogen-bond donors (Lipinski definition) is 1. The minimum absolute atomic E-state index is 0.00974. The Hall–Kier alpha value is -2.57. The van der Waals surface area contributed by atoms with Crippen LogP contribution in [0.4, 0.5) is 5.95 Å². The summed E-state index contributed by atoms with van der Waals surface area (Å²) in [6.07, 6.45) is 5.79. The molecular weight excluding hydrogens is 470 g/mol. The molecule has 4 heterocycles. The first-order valence-electron chi connectivity index (χ1n) is 10.7. The fraction of sp³-hybridized carbons (Fsp3) is 0.550. The van der Waals surface area contributed by atoms with Crippen molar-refractivity contribution in [2.75, 3.05) is 17.9 Å². The van der Waals surface area contributed by atoms with Crippen molar-refractivity contribution < 1.29 is 17.7 Å². The van der Waals surface area contributed by atoms with Gasteiger partial charge in [0.05, 0.1) is 22.9 Å². The molecule has 1 fully saturated rings. The van der Waals surface area contributed by atoms with Gasteiger partial charge in [0.2, 0.25) is 16.0 Å². The van der Waals surface area contributed by atoms with Gasteiger partial charge in [0, 0.05) is 36.9 Å². The molecule has 1 N–H and O–H groups in total. The molecule has 1 saturated heterocycles. The van der Waals surface area contributed by atoms with Gasteiger partial charge >= 0.3 is 0 Å². The maximum Gasteiger partial charge on any atom is 0.238 e. The van der Waals surface area contributed by atoms with Gasteiger partial charge in [0.15, 0.2) is 0 Å². The van der Waals surface area contributed by atoms with Crippen molar-refractivity contribution in [2.24, 2.45) is 0 Å². The lowest BCUT2D eigenvalue weighted by Gasteiger charge is -2.23. The third-order valence-electron chi connectivity index (χ3n) is 5.99. The van der Waals surface area contributed by atoms with E-state index in [4.69, 9.17) is 20.9 Å². The summed E-state index contributed by atoms with van der Waals surface area (Å²) in [5.41, 5.74) is 0.661. The molecule has 0 aromatic carbocycles. The zero-order chi connectivity index (χ0) is 23.6. The Bertz CT molecular complexity index is 1160. The number of nitrogens with zero attached hydrogens (tertiary/aromatic N) is 6. The number of rotatable bonds is 9. The van der Waals surface area contributed by atoms with Gasteiger partial charge < -0.3 is 9.26 Å². The lowest BCUT2D eigenvalue weighted by molar-refractivity contribution is 0.192. The molecule has 11 nitrogen and oxygen atoms in total. The largest absolute Gasteiger partial charge is 0.381 e. The van der Waals surface area contributed by atoms with E-state index in [1.54, 1.807) is 24.5 Å². The highest BCUT2D eigenvalue weighted by atomic mass is 35.5. The molecule has 3 aromatic rings. The van der Waals surface area contributed by atoms with Gasteiger partial charge in [0.1, 0.15) is 23.6 Å². The smallest absolute Gasteiger partial charge is 0.238 e. The van der Waals surface area contributed by atoms with Crippen LogP contribution in [-0.4, -0.2) is 56.8 Å². The summed E-state index contributed by atoms with van der Waals surface area (Å²) in [4.78, 5) is 8.34. The lowest BCUT2D eigenvalue weighted by atomic mass is 10.1. The Morgan fingerprint density at radius 2 is 2.03 bits per heavy atom. The van der Waals surface area contributed by atoms with Crippen molar-refractivity contribution in [3.63, 3.8) is 0 Å². The Morgan fingerprint density at radius 1 is 1.27 bits per heavy atom. The van der Waals surface area contributed by atoms with E-state index < -0.39 is 21.2 Å². The second-order valence-corrected chi connectivity index (χ2v) is 10.5. The molecule has 0 radical (unpaired) electrons. The highest BCUT2D eigenvalue weighted by Gasteiger charge is 2.34. The number of ether oxygens (including phenoxy) is 1. The number of hydrogen-bond acceptors (Lipinski definition) is 9. The number of halogens is 1. The average Bonchev–Trinajstić information content (AvgIpc) is 3.57. The molecular formula is C20H26ClN7O4S. The zero-order valence-corrected chi connectivity index (χ0v) is 20.1. The van der Waals surface area contributed by atoms with Gasteiger partial charge in [-0.1, -0.05) is 30.6 Å². The van der Waals surface area contributed by atoms with Crippen molar-refractivity contribution in [3.05, 3.63) is 47.1 Å². The summed E-state index contributed by atoms with van der Waals surface area (Å²) in [5, 5.41) is 12.2. The Labute approximate surface area is 197 Å². The molecule has 4 atom stereocenters. The van der Waals surface area contributed by atoms with E-state index >= 15 is 0 Å². The quantitative estimate of drug-likeness (QED) is 0.474. The minimum Gasteiger partial charge on any atom is -0.381 e. The van der Waals surface area contributed by atoms with Crippen molar-refractivity contribution in [1.82, 2.24) is 29.9 Å². The van der Waals surface area contributed by atoms with Crippen molar-refractivity contribution in [3.8, 4) is 0 Å². The van der Waals surface area contributed by atoms with E-state index in [0.29, 0.717) is 42.0 Å². The second-order valence-electron chi connectivity index (χ2n) is 8.06. The van der Waals surface area contributed by atoms with Crippen LogP contribution in [0.3, 0.4) is 0 Å². The number of aromatic nitrogens is 6. The van der Waals surface area contributed by atoms with Crippen molar-refractivity contribution in [2.45, 2.75) is 56.7 Å². The first-order chi connectivity index (χ1) is 15.8. The predicted molar refractivity (Wildman–Crippen MR) is 121 cm³/mol. The predicted octanol–water partition coefficient (Wildman–Crippen LogP) is 3.15. The normalized spacial score (nSPS) is 19.3.